The number of rotatable bonds is 7. The lowest BCUT2D eigenvalue weighted by Gasteiger charge is -2.31. The normalized spacial score (nSPS) is 14.7. The minimum Gasteiger partial charge on any atom is -0.495 e. The molecule has 0 bridgehead atoms. The van der Waals surface area contributed by atoms with E-state index in [9.17, 15) is 4.79 Å². The van der Waals surface area contributed by atoms with E-state index in [1.165, 1.54) is 0 Å². The van der Waals surface area contributed by atoms with Crippen LogP contribution in [0.3, 0.4) is 0 Å². The van der Waals surface area contributed by atoms with Crippen molar-refractivity contribution in [3.05, 3.63) is 71.4 Å². The molecule has 0 radical (unpaired) electrons. The van der Waals surface area contributed by atoms with E-state index in [-0.39, 0.29) is 11.7 Å². The zero-order valence-electron chi connectivity index (χ0n) is 19.1. The van der Waals surface area contributed by atoms with Crippen LogP contribution in [0.15, 0.2) is 48.8 Å². The highest BCUT2D eigenvalue weighted by atomic mass is 16.5. The average molecular weight is 447 g/mol. The maximum Gasteiger partial charge on any atom is 0.259 e. The van der Waals surface area contributed by atoms with Gasteiger partial charge in [0.15, 0.2) is 0 Å². The lowest BCUT2D eigenvalue weighted by molar-refractivity contribution is 0.102. The third-order valence-corrected chi connectivity index (χ3v) is 6.03. The van der Waals surface area contributed by atoms with E-state index in [1.807, 2.05) is 30.6 Å². The van der Waals surface area contributed by atoms with Gasteiger partial charge in [0.05, 0.1) is 18.4 Å². The van der Waals surface area contributed by atoms with Crippen molar-refractivity contribution in [1.82, 2.24) is 19.9 Å². The van der Waals surface area contributed by atoms with E-state index in [1.54, 1.807) is 25.3 Å². The topological polar surface area (TPSA) is 106 Å². The van der Waals surface area contributed by atoms with Crippen molar-refractivity contribution in [2.24, 2.45) is 0 Å². The maximum atomic E-state index is 12.7. The number of hydrogen-bond donors (Lipinski definition) is 2. The van der Waals surface area contributed by atoms with E-state index in [0.29, 0.717) is 22.9 Å². The second-order valence-corrected chi connectivity index (χ2v) is 8.23. The molecule has 4 rings (SSSR count). The summed E-state index contributed by atoms with van der Waals surface area (Å²) in [5.41, 5.74) is 9.21. The Morgan fingerprint density at radius 3 is 2.55 bits per heavy atom. The van der Waals surface area contributed by atoms with Crippen LogP contribution in [0.1, 0.15) is 53.1 Å². The summed E-state index contributed by atoms with van der Waals surface area (Å²) in [5, 5.41) is 2.85. The minimum atomic E-state index is -0.304. The van der Waals surface area contributed by atoms with Crippen LogP contribution in [0.5, 0.6) is 5.75 Å². The predicted octanol–water partition coefficient (Wildman–Crippen LogP) is 3.66. The number of aryl methyl sites for hydroxylation is 1. The number of ether oxygens (including phenoxy) is 1. The maximum absolute atomic E-state index is 12.7. The van der Waals surface area contributed by atoms with Crippen LogP contribution in [0.2, 0.25) is 0 Å². The van der Waals surface area contributed by atoms with Gasteiger partial charge in [-0.25, -0.2) is 15.0 Å². The summed E-state index contributed by atoms with van der Waals surface area (Å²) in [6.07, 6.45) is 6.69. The third kappa shape index (κ3) is 5.46. The van der Waals surface area contributed by atoms with E-state index in [0.717, 1.165) is 56.0 Å². The second-order valence-electron chi connectivity index (χ2n) is 8.23. The first-order chi connectivity index (χ1) is 16.1. The molecule has 3 aromatic rings. The van der Waals surface area contributed by atoms with Gasteiger partial charge in [0.1, 0.15) is 17.4 Å². The lowest BCUT2D eigenvalue weighted by atomic mass is 9.92. The van der Waals surface area contributed by atoms with Gasteiger partial charge in [-0.05, 0) is 50.2 Å². The van der Waals surface area contributed by atoms with E-state index in [4.69, 9.17) is 10.5 Å². The highest BCUT2D eigenvalue weighted by Gasteiger charge is 2.23. The number of methoxy groups -OCH3 is 1. The van der Waals surface area contributed by atoms with Gasteiger partial charge in [-0.15, -0.1) is 0 Å². The number of nitrogens with one attached hydrogen (secondary N) is 1. The Hall–Kier alpha value is -3.52. The molecule has 0 unspecified atom stereocenters. The Kier molecular flexibility index (Phi) is 7.14. The van der Waals surface area contributed by atoms with Crippen molar-refractivity contribution in [3.8, 4) is 5.75 Å². The molecular formula is C25H30N6O2. The summed E-state index contributed by atoms with van der Waals surface area (Å²) in [5.74, 6) is 1.74. The Morgan fingerprint density at radius 1 is 1.15 bits per heavy atom. The van der Waals surface area contributed by atoms with Gasteiger partial charge in [-0.1, -0.05) is 19.1 Å². The first-order valence-electron chi connectivity index (χ1n) is 11.3. The number of nitrogens with zero attached hydrogens (tertiary/aromatic N) is 4. The Labute approximate surface area is 194 Å². The standard InChI is InChI=1S/C25H30N6O2/c1-3-23-27-14-17(15-28-23)16-31-12-10-18(11-13-31)20-9-8-19(24(26)29-20)25(32)30-21-6-4-5-7-22(21)33-2/h4-9,14-15,18H,3,10-13,16H2,1-2H3,(H2,26,29)(H,30,32). The molecule has 1 aromatic carbocycles. The number of hydrogen-bond acceptors (Lipinski definition) is 7. The van der Waals surface area contributed by atoms with Crippen LogP contribution < -0.4 is 15.8 Å². The van der Waals surface area contributed by atoms with Crippen LogP contribution in [-0.4, -0.2) is 46.0 Å². The van der Waals surface area contributed by atoms with Crippen LogP contribution in [0, 0.1) is 0 Å². The number of nitrogen functional groups attached to an aromatic ring is 1. The fraction of sp³-hybridized carbons (Fsp3) is 0.360. The molecule has 0 atom stereocenters. The van der Waals surface area contributed by atoms with Crippen molar-refractivity contribution in [3.63, 3.8) is 0 Å². The van der Waals surface area contributed by atoms with Crippen molar-refractivity contribution >= 4 is 17.4 Å². The van der Waals surface area contributed by atoms with Gasteiger partial charge >= 0.3 is 0 Å². The summed E-state index contributed by atoms with van der Waals surface area (Å²) in [4.78, 5) is 28.5. The highest BCUT2D eigenvalue weighted by molar-refractivity contribution is 6.07. The van der Waals surface area contributed by atoms with Gasteiger partial charge in [0.25, 0.3) is 5.91 Å². The molecule has 0 saturated carbocycles. The van der Waals surface area contributed by atoms with Gasteiger partial charge in [0, 0.05) is 42.5 Å². The number of likely N-dealkylation sites (tertiary alicyclic amines) is 1. The molecule has 1 aliphatic heterocycles. The molecular weight excluding hydrogens is 416 g/mol. The van der Waals surface area contributed by atoms with Gasteiger partial charge < -0.3 is 15.8 Å². The molecule has 0 spiro atoms. The summed E-state index contributed by atoms with van der Waals surface area (Å²) in [6.45, 7) is 4.85. The lowest BCUT2D eigenvalue weighted by Crippen LogP contribution is -2.33. The molecule has 8 heteroatoms. The number of carbonyl (C=O) groups is 1. The predicted molar refractivity (Wildman–Crippen MR) is 128 cm³/mol. The van der Waals surface area contributed by atoms with Gasteiger partial charge in [0.2, 0.25) is 0 Å². The number of amides is 1. The zero-order valence-corrected chi connectivity index (χ0v) is 19.1. The monoisotopic (exact) mass is 446 g/mol. The number of pyridine rings is 1. The molecule has 8 nitrogen and oxygen atoms in total. The second kappa shape index (κ2) is 10.4. The number of benzene rings is 1. The number of anilines is 2. The SMILES string of the molecule is CCc1ncc(CN2CCC(c3ccc(C(=O)Nc4ccccc4OC)c(N)n3)CC2)cn1. The molecule has 3 heterocycles. The smallest absolute Gasteiger partial charge is 0.259 e. The van der Waals surface area contributed by atoms with Crippen LogP contribution in [0.4, 0.5) is 11.5 Å². The molecule has 172 valence electrons. The van der Waals surface area contributed by atoms with E-state index >= 15 is 0 Å². The molecule has 1 fully saturated rings. The van der Waals surface area contributed by atoms with Gasteiger partial charge in [-0.3, -0.25) is 9.69 Å². The molecule has 0 aliphatic carbocycles. The van der Waals surface area contributed by atoms with Crippen LogP contribution in [0.25, 0.3) is 0 Å². The molecule has 3 N–H and O–H groups in total. The first kappa shape index (κ1) is 22.7. The van der Waals surface area contributed by atoms with E-state index in [2.05, 4.69) is 32.1 Å². The third-order valence-electron chi connectivity index (χ3n) is 6.03. The summed E-state index contributed by atoms with van der Waals surface area (Å²) in [6, 6.07) is 10.9. The number of nitrogens with two attached hydrogens (primary N) is 1. The Balaban J connectivity index is 1.35. The number of para-hydroxylation sites is 2. The Bertz CT molecular complexity index is 1090. The van der Waals surface area contributed by atoms with Crippen molar-refractivity contribution in [2.45, 2.75) is 38.6 Å². The number of aromatic nitrogens is 3. The van der Waals surface area contributed by atoms with Crippen molar-refractivity contribution in [2.75, 3.05) is 31.2 Å². The van der Waals surface area contributed by atoms with Gasteiger partial charge in [-0.2, -0.15) is 0 Å². The van der Waals surface area contributed by atoms with Crippen molar-refractivity contribution < 1.29 is 9.53 Å². The summed E-state index contributed by atoms with van der Waals surface area (Å²) in [7, 11) is 1.57. The minimum absolute atomic E-state index is 0.246. The van der Waals surface area contributed by atoms with E-state index < -0.39 is 0 Å². The largest absolute Gasteiger partial charge is 0.495 e. The van der Waals surface area contributed by atoms with Crippen molar-refractivity contribution in [1.29, 1.82) is 0 Å². The molecule has 2 aromatic heterocycles. The fourth-order valence-corrected chi connectivity index (χ4v) is 4.14. The average Bonchev–Trinajstić information content (AvgIpc) is 2.85. The fourth-order valence-electron chi connectivity index (χ4n) is 4.14. The Morgan fingerprint density at radius 2 is 1.88 bits per heavy atom. The molecule has 1 amide bonds. The zero-order chi connectivity index (χ0) is 23.2. The molecule has 1 saturated heterocycles. The highest BCUT2D eigenvalue weighted by Crippen LogP contribution is 2.29. The van der Waals surface area contributed by atoms with Crippen LogP contribution >= 0.6 is 0 Å². The molecule has 1 aliphatic rings. The summed E-state index contributed by atoms with van der Waals surface area (Å²) >= 11 is 0. The first-order valence-corrected chi connectivity index (χ1v) is 11.3. The number of carbonyl (C=O) groups excluding carboxylic acids is 1. The molecule has 33 heavy (non-hydrogen) atoms. The van der Waals surface area contributed by atoms with Crippen LogP contribution in [-0.2, 0) is 13.0 Å². The number of piperidine rings is 1. The summed E-state index contributed by atoms with van der Waals surface area (Å²) < 4.78 is 5.29. The quantitative estimate of drug-likeness (QED) is 0.570.